The summed E-state index contributed by atoms with van der Waals surface area (Å²) in [5, 5.41) is 16.0. The summed E-state index contributed by atoms with van der Waals surface area (Å²) in [5.41, 5.74) is 0.487. The van der Waals surface area contributed by atoms with Crippen LogP contribution in [0.1, 0.15) is 39.5 Å². The first kappa shape index (κ1) is 12.9. The molecule has 3 heterocycles. The highest BCUT2D eigenvalue weighted by Crippen LogP contribution is 2.41. The van der Waals surface area contributed by atoms with E-state index in [0.717, 1.165) is 31.7 Å². The molecule has 21 heavy (non-hydrogen) atoms. The molecule has 0 radical (unpaired) electrons. The SMILES string of the molecule is CC1(C)CN(c2ccc3nnnn3n2)CC2(CCCC2)O1. The normalized spacial score (nSPS) is 24.0. The van der Waals surface area contributed by atoms with Crippen molar-refractivity contribution in [3.8, 4) is 0 Å². The highest BCUT2D eigenvalue weighted by atomic mass is 16.5. The second kappa shape index (κ2) is 4.37. The van der Waals surface area contributed by atoms with E-state index in [1.165, 1.54) is 17.5 Å². The molecule has 1 spiro atoms. The van der Waals surface area contributed by atoms with Gasteiger partial charge in [-0.1, -0.05) is 12.8 Å². The quantitative estimate of drug-likeness (QED) is 0.791. The van der Waals surface area contributed by atoms with E-state index < -0.39 is 0 Å². The Labute approximate surface area is 123 Å². The van der Waals surface area contributed by atoms with Gasteiger partial charge in [-0.2, -0.15) is 0 Å². The molecule has 0 atom stereocenters. The molecule has 0 aromatic carbocycles. The molecule has 2 aliphatic rings. The summed E-state index contributed by atoms with van der Waals surface area (Å²) >= 11 is 0. The molecule has 2 aromatic heterocycles. The van der Waals surface area contributed by atoms with Gasteiger partial charge in [-0.3, -0.25) is 0 Å². The Morgan fingerprint density at radius 2 is 1.95 bits per heavy atom. The maximum Gasteiger partial charge on any atom is 0.200 e. The van der Waals surface area contributed by atoms with Gasteiger partial charge < -0.3 is 9.64 Å². The summed E-state index contributed by atoms with van der Waals surface area (Å²) in [6, 6.07) is 3.90. The van der Waals surface area contributed by atoms with Gasteiger partial charge in [-0.15, -0.1) is 14.8 Å². The number of hydrogen-bond acceptors (Lipinski definition) is 6. The van der Waals surface area contributed by atoms with Gasteiger partial charge in [-0.25, -0.2) is 0 Å². The van der Waals surface area contributed by atoms with Crippen molar-refractivity contribution in [3.63, 3.8) is 0 Å². The van der Waals surface area contributed by atoms with E-state index in [2.05, 4.69) is 39.4 Å². The Morgan fingerprint density at radius 1 is 1.14 bits per heavy atom. The average Bonchev–Trinajstić information content (AvgIpc) is 3.05. The van der Waals surface area contributed by atoms with Crippen LogP contribution in [-0.4, -0.2) is 49.5 Å². The van der Waals surface area contributed by atoms with Gasteiger partial charge in [0.1, 0.15) is 0 Å². The lowest BCUT2D eigenvalue weighted by Gasteiger charge is -2.49. The lowest BCUT2D eigenvalue weighted by Crippen LogP contribution is -2.59. The van der Waals surface area contributed by atoms with Crippen LogP contribution < -0.4 is 4.90 Å². The van der Waals surface area contributed by atoms with Crippen molar-refractivity contribution in [1.82, 2.24) is 25.3 Å². The predicted molar refractivity (Wildman–Crippen MR) is 77.2 cm³/mol. The fraction of sp³-hybridized carbons (Fsp3) is 0.714. The molecule has 1 saturated carbocycles. The van der Waals surface area contributed by atoms with Crippen LogP contribution in [0.4, 0.5) is 5.82 Å². The highest BCUT2D eigenvalue weighted by molar-refractivity contribution is 5.45. The van der Waals surface area contributed by atoms with Gasteiger partial charge >= 0.3 is 0 Å². The zero-order valence-electron chi connectivity index (χ0n) is 12.5. The first-order valence-corrected chi connectivity index (χ1v) is 7.56. The second-order valence-corrected chi connectivity index (χ2v) is 6.83. The van der Waals surface area contributed by atoms with Gasteiger partial charge in [0.25, 0.3) is 0 Å². The smallest absolute Gasteiger partial charge is 0.200 e. The minimum atomic E-state index is -0.167. The highest BCUT2D eigenvalue weighted by Gasteiger charge is 2.46. The number of morpholine rings is 1. The molecule has 7 nitrogen and oxygen atoms in total. The van der Waals surface area contributed by atoms with Gasteiger partial charge in [-0.05, 0) is 49.2 Å². The molecule has 2 aromatic rings. The van der Waals surface area contributed by atoms with Crippen LogP contribution >= 0.6 is 0 Å². The number of fused-ring (bicyclic) bond motifs is 1. The molecule has 2 fully saturated rings. The second-order valence-electron chi connectivity index (χ2n) is 6.83. The molecule has 4 rings (SSSR count). The van der Waals surface area contributed by atoms with Gasteiger partial charge in [0, 0.05) is 13.1 Å². The van der Waals surface area contributed by atoms with E-state index in [-0.39, 0.29) is 11.2 Å². The molecule has 112 valence electrons. The van der Waals surface area contributed by atoms with Crippen molar-refractivity contribution in [2.45, 2.75) is 50.7 Å². The number of hydrogen-bond donors (Lipinski definition) is 0. The minimum Gasteiger partial charge on any atom is -0.365 e. The molecule has 0 bridgehead atoms. The van der Waals surface area contributed by atoms with Gasteiger partial charge in [0.15, 0.2) is 11.5 Å². The molecular formula is C14H20N6O. The van der Waals surface area contributed by atoms with Gasteiger partial charge in [0.2, 0.25) is 0 Å². The molecule has 1 aliphatic carbocycles. The topological polar surface area (TPSA) is 68.4 Å². The zero-order valence-corrected chi connectivity index (χ0v) is 12.5. The molecular weight excluding hydrogens is 268 g/mol. The number of tetrazole rings is 1. The maximum atomic E-state index is 6.43. The molecule has 1 aliphatic heterocycles. The average molecular weight is 288 g/mol. The van der Waals surface area contributed by atoms with Crippen molar-refractivity contribution in [1.29, 1.82) is 0 Å². The first-order chi connectivity index (χ1) is 10.1. The molecule has 0 unspecified atom stereocenters. The Bertz CT molecular complexity index is 660. The first-order valence-electron chi connectivity index (χ1n) is 7.56. The zero-order chi connectivity index (χ0) is 14.5. The summed E-state index contributed by atoms with van der Waals surface area (Å²) in [7, 11) is 0. The van der Waals surface area contributed by atoms with Crippen LogP contribution in [0.15, 0.2) is 12.1 Å². The fourth-order valence-electron chi connectivity index (χ4n) is 3.76. The van der Waals surface area contributed by atoms with E-state index in [9.17, 15) is 0 Å². The Morgan fingerprint density at radius 3 is 2.76 bits per heavy atom. The van der Waals surface area contributed by atoms with Crippen LogP contribution in [0.3, 0.4) is 0 Å². The van der Waals surface area contributed by atoms with E-state index in [1.807, 2.05) is 12.1 Å². The minimum absolute atomic E-state index is 0.0149. The van der Waals surface area contributed by atoms with Crippen molar-refractivity contribution in [2.24, 2.45) is 0 Å². The summed E-state index contributed by atoms with van der Waals surface area (Å²) < 4.78 is 7.92. The largest absolute Gasteiger partial charge is 0.365 e. The van der Waals surface area contributed by atoms with Crippen LogP contribution in [0.2, 0.25) is 0 Å². The third-order valence-corrected chi connectivity index (χ3v) is 4.44. The van der Waals surface area contributed by atoms with Crippen LogP contribution in [0.25, 0.3) is 5.65 Å². The molecule has 0 N–H and O–H groups in total. The lowest BCUT2D eigenvalue weighted by molar-refractivity contribution is -0.148. The van der Waals surface area contributed by atoms with E-state index >= 15 is 0 Å². The lowest BCUT2D eigenvalue weighted by atomic mass is 9.94. The van der Waals surface area contributed by atoms with Crippen molar-refractivity contribution in [3.05, 3.63) is 12.1 Å². The Balaban J connectivity index is 1.69. The van der Waals surface area contributed by atoms with Crippen molar-refractivity contribution >= 4 is 11.5 Å². The van der Waals surface area contributed by atoms with Crippen LogP contribution in [0, 0.1) is 0 Å². The number of aromatic nitrogens is 5. The Kier molecular flexibility index (Phi) is 2.69. The summed E-state index contributed by atoms with van der Waals surface area (Å²) in [6.07, 6.45) is 4.78. The third kappa shape index (κ3) is 2.25. The molecule has 0 amide bonds. The Hall–Kier alpha value is -1.76. The monoisotopic (exact) mass is 288 g/mol. The molecule has 7 heteroatoms. The number of ether oxygens (including phenoxy) is 1. The summed E-state index contributed by atoms with van der Waals surface area (Å²) in [5.74, 6) is 0.914. The third-order valence-electron chi connectivity index (χ3n) is 4.44. The van der Waals surface area contributed by atoms with E-state index in [4.69, 9.17) is 4.74 Å². The van der Waals surface area contributed by atoms with Gasteiger partial charge in [0.05, 0.1) is 11.2 Å². The number of anilines is 1. The standard InChI is InChI=1S/C14H20N6O/c1-13(2)9-19(10-14(21-13)7-3-4-8-14)12-6-5-11-15-17-18-20(11)16-12/h5-6H,3-4,7-10H2,1-2H3. The fourth-order valence-corrected chi connectivity index (χ4v) is 3.76. The number of rotatable bonds is 1. The predicted octanol–water partition coefficient (Wildman–Crippen LogP) is 1.45. The van der Waals surface area contributed by atoms with Crippen LogP contribution in [0.5, 0.6) is 0 Å². The summed E-state index contributed by atoms with van der Waals surface area (Å²) in [4.78, 5) is 2.32. The van der Waals surface area contributed by atoms with Crippen LogP contribution in [-0.2, 0) is 4.74 Å². The summed E-state index contributed by atoms with van der Waals surface area (Å²) in [6.45, 7) is 6.05. The van der Waals surface area contributed by atoms with Crippen molar-refractivity contribution < 1.29 is 4.74 Å². The number of nitrogens with zero attached hydrogens (tertiary/aromatic N) is 6. The van der Waals surface area contributed by atoms with E-state index in [0.29, 0.717) is 5.65 Å². The molecule has 1 saturated heterocycles. The maximum absolute atomic E-state index is 6.43. The van der Waals surface area contributed by atoms with Crippen molar-refractivity contribution in [2.75, 3.05) is 18.0 Å². The van der Waals surface area contributed by atoms with E-state index in [1.54, 1.807) is 0 Å².